The second-order valence-electron chi connectivity index (χ2n) is 8.33. The number of rotatable bonds is 10. The molecular weight excluding hydrogens is 378 g/mol. The van der Waals surface area contributed by atoms with E-state index in [9.17, 15) is 14.4 Å². The zero-order valence-electron chi connectivity index (χ0n) is 20.0. The lowest BCUT2D eigenvalue weighted by molar-refractivity contribution is -0.141. The van der Waals surface area contributed by atoms with Gasteiger partial charge in [0.15, 0.2) is 6.10 Å². The quantitative estimate of drug-likeness (QED) is 0.276. The summed E-state index contributed by atoms with van der Waals surface area (Å²) in [5.74, 6) is 1.26. The zero-order valence-corrected chi connectivity index (χ0v) is 20.0. The standard InChI is InChI=1S/C16H23NO3.C9H18O/c1-6-13(9-11(4)12(5)10(2)3)20-14-7-8-15(18)17-16(14)19;1-4-5-9(10)7-6-8(2)3/h9,14H,2,6-8H2,1,3-5H3,(H,17,18,19);8H,4-7H2,1-3H3/b12-11-,13-9+;. The van der Waals surface area contributed by atoms with Gasteiger partial charge in [-0.3, -0.25) is 19.7 Å². The zero-order chi connectivity index (χ0) is 23.3. The summed E-state index contributed by atoms with van der Waals surface area (Å²) in [5.41, 5.74) is 3.19. The van der Waals surface area contributed by atoms with Crippen molar-refractivity contribution in [2.75, 3.05) is 0 Å². The van der Waals surface area contributed by atoms with Crippen molar-refractivity contribution in [3.63, 3.8) is 0 Å². The Kier molecular flexibility index (Phi) is 13.7. The maximum Gasteiger partial charge on any atom is 0.267 e. The summed E-state index contributed by atoms with van der Waals surface area (Å²) in [4.78, 5) is 33.7. The van der Waals surface area contributed by atoms with Gasteiger partial charge >= 0.3 is 0 Å². The van der Waals surface area contributed by atoms with Crippen LogP contribution in [0.5, 0.6) is 0 Å². The summed E-state index contributed by atoms with van der Waals surface area (Å²) in [6.07, 6.45) is 6.43. The van der Waals surface area contributed by atoms with Gasteiger partial charge in [0.05, 0.1) is 5.76 Å². The van der Waals surface area contributed by atoms with E-state index in [0.29, 0.717) is 31.0 Å². The van der Waals surface area contributed by atoms with Crippen LogP contribution in [0, 0.1) is 5.92 Å². The maximum atomic E-state index is 11.7. The van der Waals surface area contributed by atoms with Crippen LogP contribution in [0.4, 0.5) is 0 Å². The summed E-state index contributed by atoms with van der Waals surface area (Å²) in [6.45, 7) is 18.2. The number of carbonyl (C=O) groups is 3. The predicted octanol–water partition coefficient (Wildman–Crippen LogP) is 5.81. The van der Waals surface area contributed by atoms with Crippen LogP contribution in [0.25, 0.3) is 0 Å². The van der Waals surface area contributed by atoms with Crippen molar-refractivity contribution in [1.82, 2.24) is 5.32 Å². The van der Waals surface area contributed by atoms with Gasteiger partial charge in [0.1, 0.15) is 5.78 Å². The number of ketones is 1. The molecule has 1 unspecified atom stereocenters. The fourth-order valence-corrected chi connectivity index (χ4v) is 2.73. The Balaban J connectivity index is 0.000000710. The highest BCUT2D eigenvalue weighted by molar-refractivity contribution is 5.99. The lowest BCUT2D eigenvalue weighted by Crippen LogP contribution is -2.44. The van der Waals surface area contributed by atoms with Crippen LogP contribution in [0.3, 0.4) is 0 Å². The lowest BCUT2D eigenvalue weighted by Gasteiger charge is -2.23. The number of carbonyl (C=O) groups excluding carboxylic acids is 3. The minimum Gasteiger partial charge on any atom is -0.485 e. The SMILES string of the molecule is C=C(C)/C(C)=C(C)\C=C(/CC)OC1CCC(=O)NC1=O.CCCC(=O)CCC(C)C. The molecule has 0 saturated carbocycles. The first-order valence-corrected chi connectivity index (χ1v) is 11.1. The van der Waals surface area contributed by atoms with Crippen LogP contribution in [0.2, 0.25) is 0 Å². The van der Waals surface area contributed by atoms with Gasteiger partial charge < -0.3 is 4.74 Å². The molecule has 1 fully saturated rings. The molecule has 2 amide bonds. The Bertz CT molecular complexity index is 671. The van der Waals surface area contributed by atoms with Crippen molar-refractivity contribution in [3.8, 4) is 0 Å². The first-order valence-electron chi connectivity index (χ1n) is 11.1. The maximum absolute atomic E-state index is 11.7. The molecule has 1 N–H and O–H groups in total. The normalized spacial score (nSPS) is 17.6. The molecule has 0 spiro atoms. The molecule has 1 saturated heterocycles. The van der Waals surface area contributed by atoms with Crippen molar-refractivity contribution in [3.05, 3.63) is 35.1 Å². The third kappa shape index (κ3) is 11.7. The van der Waals surface area contributed by atoms with E-state index in [1.807, 2.05) is 40.7 Å². The van der Waals surface area contributed by atoms with Crippen molar-refractivity contribution in [1.29, 1.82) is 0 Å². The third-order valence-electron chi connectivity index (χ3n) is 4.97. The molecule has 5 heteroatoms. The van der Waals surface area contributed by atoms with Crippen LogP contribution < -0.4 is 5.32 Å². The van der Waals surface area contributed by atoms with Gasteiger partial charge in [0.2, 0.25) is 5.91 Å². The van der Waals surface area contributed by atoms with E-state index in [0.717, 1.165) is 48.2 Å². The molecule has 0 aliphatic carbocycles. The first-order chi connectivity index (χ1) is 14.0. The van der Waals surface area contributed by atoms with Gasteiger partial charge in [0.25, 0.3) is 5.91 Å². The summed E-state index contributed by atoms with van der Waals surface area (Å²) in [5, 5.41) is 2.30. The Hall–Kier alpha value is -2.17. The van der Waals surface area contributed by atoms with Crippen molar-refractivity contribution in [2.24, 2.45) is 5.92 Å². The van der Waals surface area contributed by atoms with Gasteiger partial charge in [-0.25, -0.2) is 0 Å². The molecule has 30 heavy (non-hydrogen) atoms. The van der Waals surface area contributed by atoms with E-state index in [1.54, 1.807) is 0 Å². The fourth-order valence-electron chi connectivity index (χ4n) is 2.73. The number of nitrogens with one attached hydrogen (secondary N) is 1. The summed E-state index contributed by atoms with van der Waals surface area (Å²) in [7, 11) is 0. The largest absolute Gasteiger partial charge is 0.485 e. The molecule has 1 atom stereocenters. The molecule has 0 bridgehead atoms. The number of piperidine rings is 1. The van der Waals surface area contributed by atoms with E-state index >= 15 is 0 Å². The number of amides is 2. The molecular formula is C25H41NO4. The van der Waals surface area contributed by atoms with Gasteiger partial charge in [0, 0.05) is 32.1 Å². The monoisotopic (exact) mass is 419 g/mol. The van der Waals surface area contributed by atoms with Crippen LogP contribution in [-0.4, -0.2) is 23.7 Å². The number of ether oxygens (including phenoxy) is 1. The van der Waals surface area contributed by atoms with Gasteiger partial charge in [-0.15, -0.1) is 0 Å². The van der Waals surface area contributed by atoms with Crippen molar-refractivity contribution >= 4 is 17.6 Å². The third-order valence-corrected chi connectivity index (χ3v) is 4.97. The van der Waals surface area contributed by atoms with Crippen LogP contribution in [0.15, 0.2) is 35.1 Å². The Morgan fingerprint density at radius 2 is 1.83 bits per heavy atom. The second-order valence-corrected chi connectivity index (χ2v) is 8.33. The molecule has 1 aliphatic rings. The average Bonchev–Trinajstić information content (AvgIpc) is 2.67. The second kappa shape index (κ2) is 14.8. The highest BCUT2D eigenvalue weighted by Gasteiger charge is 2.28. The van der Waals surface area contributed by atoms with Crippen LogP contribution in [-0.2, 0) is 19.1 Å². The minimum absolute atomic E-state index is 0.230. The number of imide groups is 1. The Morgan fingerprint density at radius 3 is 2.30 bits per heavy atom. The summed E-state index contributed by atoms with van der Waals surface area (Å²) in [6, 6.07) is 0. The molecule has 5 nitrogen and oxygen atoms in total. The molecule has 170 valence electrons. The molecule has 0 aromatic carbocycles. The first kappa shape index (κ1) is 27.8. The average molecular weight is 420 g/mol. The number of Topliss-reactive ketones (excluding diaryl/α,β-unsaturated/α-hetero) is 1. The molecule has 0 radical (unpaired) electrons. The fraction of sp³-hybridized carbons (Fsp3) is 0.640. The van der Waals surface area contributed by atoms with Crippen molar-refractivity contribution < 1.29 is 19.1 Å². The molecule has 1 aliphatic heterocycles. The van der Waals surface area contributed by atoms with Gasteiger partial charge in [-0.2, -0.15) is 0 Å². The molecule has 1 rings (SSSR count). The Labute approximate surface area is 183 Å². The smallest absolute Gasteiger partial charge is 0.267 e. The molecule has 0 aromatic rings. The molecule has 0 aromatic heterocycles. The number of hydrogen-bond donors (Lipinski definition) is 1. The Morgan fingerprint density at radius 1 is 1.20 bits per heavy atom. The number of allylic oxidation sites excluding steroid dienone is 5. The topological polar surface area (TPSA) is 72.5 Å². The van der Waals surface area contributed by atoms with E-state index in [2.05, 4.69) is 25.7 Å². The van der Waals surface area contributed by atoms with E-state index in [4.69, 9.17) is 4.74 Å². The van der Waals surface area contributed by atoms with E-state index in [-0.39, 0.29) is 11.8 Å². The highest BCUT2D eigenvalue weighted by Crippen LogP contribution is 2.19. The minimum atomic E-state index is -0.572. The van der Waals surface area contributed by atoms with Crippen LogP contribution in [0.1, 0.15) is 93.4 Å². The summed E-state index contributed by atoms with van der Waals surface area (Å²) < 4.78 is 5.73. The van der Waals surface area contributed by atoms with E-state index in [1.165, 1.54) is 0 Å². The number of hydrogen-bond acceptors (Lipinski definition) is 4. The van der Waals surface area contributed by atoms with Gasteiger partial charge in [-0.05, 0) is 56.8 Å². The molecule has 1 heterocycles. The van der Waals surface area contributed by atoms with Crippen molar-refractivity contribution in [2.45, 2.75) is 99.5 Å². The van der Waals surface area contributed by atoms with Crippen LogP contribution >= 0.6 is 0 Å². The predicted molar refractivity (Wildman–Crippen MR) is 123 cm³/mol. The lowest BCUT2D eigenvalue weighted by atomic mass is 10.0. The summed E-state index contributed by atoms with van der Waals surface area (Å²) >= 11 is 0. The van der Waals surface area contributed by atoms with Gasteiger partial charge in [-0.1, -0.05) is 39.8 Å². The highest BCUT2D eigenvalue weighted by atomic mass is 16.5. The van der Waals surface area contributed by atoms with E-state index < -0.39 is 6.10 Å².